The first-order chi connectivity index (χ1) is 6.50. The molecule has 1 rings (SSSR count). The van der Waals surface area contributed by atoms with Crippen molar-refractivity contribution < 1.29 is 18.7 Å². The molecule has 0 saturated heterocycles. The van der Waals surface area contributed by atoms with Gasteiger partial charge in [0, 0.05) is 16.7 Å². The lowest BCUT2D eigenvalue weighted by Crippen LogP contribution is -1.91. The van der Waals surface area contributed by atoms with E-state index in [1.807, 2.05) is 0 Å². The Morgan fingerprint density at radius 3 is 2.29 bits per heavy atom. The average molecular weight is 219 g/mol. The van der Waals surface area contributed by atoms with Gasteiger partial charge in [-0.2, -0.15) is 0 Å². The molecule has 1 N–H and O–H groups in total. The third kappa shape index (κ3) is 2.53. The summed E-state index contributed by atoms with van der Waals surface area (Å²) in [6.45, 7) is 0. The van der Waals surface area contributed by atoms with Gasteiger partial charge in [-0.1, -0.05) is 11.6 Å². The van der Waals surface area contributed by atoms with Gasteiger partial charge in [-0.25, -0.2) is 13.6 Å². The summed E-state index contributed by atoms with van der Waals surface area (Å²) < 4.78 is 26.0. The molecule has 0 saturated carbocycles. The lowest BCUT2D eigenvalue weighted by Gasteiger charge is -1.99. The van der Waals surface area contributed by atoms with Crippen molar-refractivity contribution in [2.24, 2.45) is 0 Å². The van der Waals surface area contributed by atoms with E-state index in [9.17, 15) is 13.6 Å². The molecule has 0 aromatic heterocycles. The molecule has 2 nitrogen and oxygen atoms in total. The zero-order chi connectivity index (χ0) is 10.7. The number of carboxylic acids is 1. The van der Waals surface area contributed by atoms with Crippen molar-refractivity contribution >= 4 is 23.6 Å². The smallest absolute Gasteiger partial charge is 0.328 e. The molecule has 0 radical (unpaired) electrons. The third-order valence-corrected chi connectivity index (χ3v) is 1.65. The van der Waals surface area contributed by atoms with Gasteiger partial charge in [-0.15, -0.1) is 0 Å². The second-order valence-electron chi connectivity index (χ2n) is 2.45. The van der Waals surface area contributed by atoms with E-state index < -0.39 is 23.2 Å². The Morgan fingerprint density at radius 2 is 1.86 bits per heavy atom. The standard InChI is InChI=1S/C9H5ClF2O2/c10-5-3-7(11)6(8(12)4-5)1-2-9(13)14/h1-4H,(H,13,14). The Labute approximate surface area is 83.4 Å². The summed E-state index contributed by atoms with van der Waals surface area (Å²) in [5, 5.41) is 8.18. The molecule has 0 heterocycles. The van der Waals surface area contributed by atoms with E-state index in [0.717, 1.165) is 18.2 Å². The van der Waals surface area contributed by atoms with Gasteiger partial charge in [0.15, 0.2) is 0 Å². The molecule has 5 heteroatoms. The minimum atomic E-state index is -1.28. The highest BCUT2D eigenvalue weighted by Crippen LogP contribution is 2.19. The number of hydrogen-bond donors (Lipinski definition) is 1. The zero-order valence-corrected chi connectivity index (χ0v) is 7.55. The Hall–Kier alpha value is -1.42. The first-order valence-electron chi connectivity index (χ1n) is 3.56. The van der Waals surface area contributed by atoms with Crippen LogP contribution in [0.25, 0.3) is 6.08 Å². The van der Waals surface area contributed by atoms with E-state index >= 15 is 0 Å². The molecule has 0 aliphatic rings. The van der Waals surface area contributed by atoms with E-state index in [2.05, 4.69) is 0 Å². The van der Waals surface area contributed by atoms with Gasteiger partial charge in [0.2, 0.25) is 0 Å². The quantitative estimate of drug-likeness (QED) is 0.775. The van der Waals surface area contributed by atoms with Crippen LogP contribution in [0.1, 0.15) is 5.56 Å². The molecular weight excluding hydrogens is 214 g/mol. The topological polar surface area (TPSA) is 37.3 Å². The van der Waals surface area contributed by atoms with Crippen LogP contribution in [0.3, 0.4) is 0 Å². The number of hydrogen-bond acceptors (Lipinski definition) is 1. The fraction of sp³-hybridized carbons (Fsp3) is 0. The summed E-state index contributed by atoms with van der Waals surface area (Å²) in [5.74, 6) is -3.07. The number of aliphatic carboxylic acids is 1. The zero-order valence-electron chi connectivity index (χ0n) is 6.80. The van der Waals surface area contributed by atoms with Crippen LogP contribution in [-0.2, 0) is 4.79 Å². The Morgan fingerprint density at radius 1 is 1.36 bits per heavy atom. The summed E-state index contributed by atoms with van der Waals surface area (Å²) in [6, 6.07) is 1.82. The van der Waals surface area contributed by atoms with Crippen molar-refractivity contribution in [3.63, 3.8) is 0 Å². The monoisotopic (exact) mass is 218 g/mol. The molecule has 0 spiro atoms. The molecule has 1 aromatic carbocycles. The van der Waals surface area contributed by atoms with Crippen LogP contribution in [0.15, 0.2) is 18.2 Å². The molecule has 0 amide bonds. The normalized spacial score (nSPS) is 10.8. The predicted octanol–water partition coefficient (Wildman–Crippen LogP) is 2.72. The second kappa shape index (κ2) is 4.19. The van der Waals surface area contributed by atoms with Crippen molar-refractivity contribution in [3.8, 4) is 0 Å². The largest absolute Gasteiger partial charge is 0.478 e. The van der Waals surface area contributed by atoms with Crippen LogP contribution in [-0.4, -0.2) is 11.1 Å². The lowest BCUT2D eigenvalue weighted by molar-refractivity contribution is -0.131. The second-order valence-corrected chi connectivity index (χ2v) is 2.89. The fourth-order valence-corrected chi connectivity index (χ4v) is 1.06. The SMILES string of the molecule is O=C(O)C=Cc1c(F)cc(Cl)cc1F. The van der Waals surface area contributed by atoms with Gasteiger partial charge in [0.25, 0.3) is 0 Å². The fourth-order valence-electron chi connectivity index (χ4n) is 0.867. The summed E-state index contributed by atoms with van der Waals surface area (Å²) >= 11 is 5.36. The molecule has 0 aliphatic carbocycles. The number of rotatable bonds is 2. The van der Waals surface area contributed by atoms with Gasteiger partial charge >= 0.3 is 5.97 Å². The summed E-state index contributed by atoms with van der Waals surface area (Å²) in [7, 11) is 0. The maximum absolute atomic E-state index is 13.0. The van der Waals surface area contributed by atoms with E-state index in [1.54, 1.807) is 0 Å². The Balaban J connectivity index is 3.15. The van der Waals surface area contributed by atoms with Crippen LogP contribution in [0, 0.1) is 11.6 Å². The number of benzene rings is 1. The molecule has 0 atom stereocenters. The molecule has 0 unspecified atom stereocenters. The van der Waals surface area contributed by atoms with Crippen LogP contribution >= 0.6 is 11.6 Å². The number of halogens is 3. The van der Waals surface area contributed by atoms with Crippen molar-refractivity contribution in [2.45, 2.75) is 0 Å². The summed E-state index contributed by atoms with van der Waals surface area (Å²) in [4.78, 5) is 10.1. The van der Waals surface area contributed by atoms with E-state index in [-0.39, 0.29) is 5.02 Å². The minimum Gasteiger partial charge on any atom is -0.478 e. The molecule has 0 fully saturated rings. The summed E-state index contributed by atoms with van der Waals surface area (Å²) in [5.41, 5.74) is -0.420. The molecule has 1 aromatic rings. The first kappa shape index (κ1) is 10.7. The van der Waals surface area contributed by atoms with E-state index in [0.29, 0.717) is 6.08 Å². The minimum absolute atomic E-state index is 0.0764. The first-order valence-corrected chi connectivity index (χ1v) is 3.94. The van der Waals surface area contributed by atoms with Gasteiger partial charge in [-0.05, 0) is 18.2 Å². The molecule has 0 bridgehead atoms. The van der Waals surface area contributed by atoms with E-state index in [1.165, 1.54) is 0 Å². The average Bonchev–Trinajstić information content (AvgIpc) is 2.01. The highest BCUT2D eigenvalue weighted by molar-refractivity contribution is 6.30. The maximum Gasteiger partial charge on any atom is 0.328 e. The van der Waals surface area contributed by atoms with Crippen LogP contribution in [0.5, 0.6) is 0 Å². The Bertz CT molecular complexity index is 379. The maximum atomic E-state index is 13.0. The highest BCUT2D eigenvalue weighted by Gasteiger charge is 2.07. The summed E-state index contributed by atoms with van der Waals surface area (Å²) in [6.07, 6.45) is 1.48. The Kier molecular flexibility index (Phi) is 3.19. The third-order valence-electron chi connectivity index (χ3n) is 1.44. The van der Waals surface area contributed by atoms with Crippen molar-refractivity contribution in [1.82, 2.24) is 0 Å². The molecule has 0 aliphatic heterocycles. The van der Waals surface area contributed by atoms with Gasteiger partial charge in [0.05, 0.1) is 0 Å². The van der Waals surface area contributed by atoms with Crippen molar-refractivity contribution in [3.05, 3.63) is 40.4 Å². The highest BCUT2D eigenvalue weighted by atomic mass is 35.5. The van der Waals surface area contributed by atoms with Gasteiger partial charge < -0.3 is 5.11 Å². The van der Waals surface area contributed by atoms with Gasteiger partial charge in [-0.3, -0.25) is 0 Å². The molecular formula is C9H5ClF2O2. The molecule has 74 valence electrons. The van der Waals surface area contributed by atoms with Crippen LogP contribution < -0.4 is 0 Å². The van der Waals surface area contributed by atoms with Crippen molar-refractivity contribution in [1.29, 1.82) is 0 Å². The van der Waals surface area contributed by atoms with E-state index in [4.69, 9.17) is 16.7 Å². The molecule has 14 heavy (non-hydrogen) atoms. The van der Waals surface area contributed by atoms with Crippen LogP contribution in [0.2, 0.25) is 5.02 Å². The lowest BCUT2D eigenvalue weighted by atomic mass is 10.2. The number of carbonyl (C=O) groups is 1. The number of carboxylic acid groups (broad SMARTS) is 1. The predicted molar refractivity (Wildman–Crippen MR) is 48.0 cm³/mol. The van der Waals surface area contributed by atoms with Gasteiger partial charge in [0.1, 0.15) is 11.6 Å². The van der Waals surface area contributed by atoms with Crippen LogP contribution in [0.4, 0.5) is 8.78 Å². The van der Waals surface area contributed by atoms with Crippen molar-refractivity contribution in [2.75, 3.05) is 0 Å².